The van der Waals surface area contributed by atoms with Gasteiger partial charge in [-0.3, -0.25) is 0 Å². The van der Waals surface area contributed by atoms with E-state index in [0.29, 0.717) is 0 Å². The Morgan fingerprint density at radius 3 is 1.80 bits per heavy atom. The smallest absolute Gasteiger partial charge is 0.123 e. The molecule has 2 aromatic rings. The summed E-state index contributed by atoms with van der Waals surface area (Å²) in [6.45, 7) is 4.14. The fraction of sp³-hybridized carbons (Fsp3) is 0.143. The van der Waals surface area contributed by atoms with Crippen LogP contribution in [0.15, 0.2) is 42.5 Å². The minimum atomic E-state index is -0.192. The molecule has 0 N–H and O–H groups in total. The number of halogens is 1. The van der Waals surface area contributed by atoms with Crippen LogP contribution in [0.5, 0.6) is 0 Å². The van der Waals surface area contributed by atoms with Crippen molar-refractivity contribution in [2.45, 2.75) is 13.8 Å². The topological polar surface area (TPSA) is 0 Å². The normalized spacial score (nSPS) is 10.3. The molecule has 2 aromatic carbocycles. The van der Waals surface area contributed by atoms with Crippen LogP contribution in [0.4, 0.5) is 4.39 Å². The van der Waals surface area contributed by atoms with Gasteiger partial charge in [-0.2, -0.15) is 0 Å². The molecule has 1 heteroatoms. The molecule has 0 heterocycles. The molecular formula is C14H13F. The van der Waals surface area contributed by atoms with Crippen molar-refractivity contribution in [2.75, 3.05) is 0 Å². The molecule has 0 aromatic heterocycles. The first kappa shape index (κ1) is 9.91. The maximum absolute atomic E-state index is 12.8. The largest absolute Gasteiger partial charge is 0.207 e. The molecule has 15 heavy (non-hydrogen) atoms. The number of hydrogen-bond acceptors (Lipinski definition) is 0. The third-order valence-corrected chi connectivity index (χ3v) is 2.40. The first-order chi connectivity index (χ1) is 7.15. The Morgan fingerprint density at radius 2 is 1.27 bits per heavy atom. The van der Waals surface area contributed by atoms with Gasteiger partial charge < -0.3 is 0 Å². The number of hydrogen-bond donors (Lipinski definition) is 0. The standard InChI is InChI=1S/C14H13F/c1-10-7-11(2)9-13(8-10)12-3-5-14(15)6-4-12/h3-9H,1-2H3. The zero-order valence-electron chi connectivity index (χ0n) is 8.92. The van der Waals surface area contributed by atoms with E-state index in [1.807, 2.05) is 12.1 Å². The van der Waals surface area contributed by atoms with E-state index in [0.717, 1.165) is 11.1 Å². The molecular weight excluding hydrogens is 187 g/mol. The van der Waals surface area contributed by atoms with Gasteiger partial charge in [-0.25, -0.2) is 4.39 Å². The van der Waals surface area contributed by atoms with Crippen LogP contribution in [0.25, 0.3) is 11.1 Å². The summed E-state index contributed by atoms with van der Waals surface area (Å²) in [7, 11) is 0. The van der Waals surface area contributed by atoms with Crippen molar-refractivity contribution in [3.63, 3.8) is 0 Å². The van der Waals surface area contributed by atoms with Crippen LogP contribution in [0, 0.1) is 19.7 Å². The number of rotatable bonds is 1. The van der Waals surface area contributed by atoms with Gasteiger partial charge in [0.2, 0.25) is 0 Å². The third kappa shape index (κ3) is 2.24. The molecule has 0 bridgehead atoms. The van der Waals surface area contributed by atoms with Gasteiger partial charge in [-0.1, -0.05) is 41.5 Å². The molecule has 0 aliphatic rings. The highest BCUT2D eigenvalue weighted by Gasteiger charge is 1.99. The lowest BCUT2D eigenvalue weighted by Gasteiger charge is -2.04. The summed E-state index contributed by atoms with van der Waals surface area (Å²) in [5.74, 6) is -0.192. The van der Waals surface area contributed by atoms with E-state index in [9.17, 15) is 4.39 Å². The second-order valence-corrected chi connectivity index (χ2v) is 3.88. The molecule has 0 saturated heterocycles. The lowest BCUT2D eigenvalue weighted by Crippen LogP contribution is -1.83. The van der Waals surface area contributed by atoms with Gasteiger partial charge in [-0.05, 0) is 37.1 Å². The van der Waals surface area contributed by atoms with Crippen molar-refractivity contribution in [2.24, 2.45) is 0 Å². The molecule has 0 saturated carbocycles. The van der Waals surface area contributed by atoms with Crippen LogP contribution >= 0.6 is 0 Å². The van der Waals surface area contributed by atoms with Crippen LogP contribution in [-0.2, 0) is 0 Å². The zero-order chi connectivity index (χ0) is 10.8. The summed E-state index contributed by atoms with van der Waals surface area (Å²) in [6.07, 6.45) is 0. The average molecular weight is 200 g/mol. The van der Waals surface area contributed by atoms with Crippen LogP contribution in [0.3, 0.4) is 0 Å². The SMILES string of the molecule is Cc1cc(C)cc(-c2ccc(F)cc2)c1. The third-order valence-electron chi connectivity index (χ3n) is 2.40. The molecule has 0 amide bonds. The molecule has 0 radical (unpaired) electrons. The van der Waals surface area contributed by atoms with Gasteiger partial charge >= 0.3 is 0 Å². The molecule has 0 nitrogen and oxygen atoms in total. The lowest BCUT2D eigenvalue weighted by molar-refractivity contribution is 0.628. The Balaban J connectivity index is 2.49. The van der Waals surface area contributed by atoms with Crippen LogP contribution in [0.1, 0.15) is 11.1 Å². The van der Waals surface area contributed by atoms with E-state index in [4.69, 9.17) is 0 Å². The van der Waals surface area contributed by atoms with Crippen LogP contribution in [0.2, 0.25) is 0 Å². The maximum atomic E-state index is 12.8. The van der Waals surface area contributed by atoms with E-state index in [1.165, 1.54) is 23.3 Å². The highest BCUT2D eigenvalue weighted by Crippen LogP contribution is 2.22. The molecule has 0 fully saturated rings. The highest BCUT2D eigenvalue weighted by atomic mass is 19.1. The fourth-order valence-electron chi connectivity index (χ4n) is 1.78. The second kappa shape index (κ2) is 3.85. The Labute approximate surface area is 89.4 Å². The fourth-order valence-corrected chi connectivity index (χ4v) is 1.78. The van der Waals surface area contributed by atoms with Gasteiger partial charge in [0.05, 0.1) is 0 Å². The Bertz CT molecular complexity index is 449. The minimum absolute atomic E-state index is 0.192. The Morgan fingerprint density at radius 1 is 0.733 bits per heavy atom. The number of benzene rings is 2. The van der Waals surface area contributed by atoms with Gasteiger partial charge in [0.15, 0.2) is 0 Å². The van der Waals surface area contributed by atoms with Crippen molar-refractivity contribution < 1.29 is 4.39 Å². The zero-order valence-corrected chi connectivity index (χ0v) is 8.92. The monoisotopic (exact) mass is 200 g/mol. The van der Waals surface area contributed by atoms with E-state index >= 15 is 0 Å². The van der Waals surface area contributed by atoms with E-state index in [1.54, 1.807) is 0 Å². The Kier molecular flexibility index (Phi) is 2.55. The van der Waals surface area contributed by atoms with Crippen molar-refractivity contribution in [3.05, 3.63) is 59.4 Å². The molecule has 2 rings (SSSR count). The molecule has 0 aliphatic heterocycles. The van der Waals surface area contributed by atoms with Crippen molar-refractivity contribution >= 4 is 0 Å². The van der Waals surface area contributed by atoms with Crippen LogP contribution in [-0.4, -0.2) is 0 Å². The second-order valence-electron chi connectivity index (χ2n) is 3.88. The molecule has 0 aliphatic carbocycles. The minimum Gasteiger partial charge on any atom is -0.207 e. The first-order valence-corrected chi connectivity index (χ1v) is 4.99. The van der Waals surface area contributed by atoms with Crippen molar-refractivity contribution in [3.8, 4) is 11.1 Å². The van der Waals surface area contributed by atoms with Crippen molar-refractivity contribution in [1.29, 1.82) is 0 Å². The predicted molar refractivity (Wildman–Crippen MR) is 61.3 cm³/mol. The first-order valence-electron chi connectivity index (χ1n) is 4.99. The maximum Gasteiger partial charge on any atom is 0.123 e. The van der Waals surface area contributed by atoms with Crippen molar-refractivity contribution in [1.82, 2.24) is 0 Å². The summed E-state index contributed by atoms with van der Waals surface area (Å²) in [5, 5.41) is 0. The van der Waals surface area contributed by atoms with Gasteiger partial charge in [0.1, 0.15) is 5.82 Å². The number of aryl methyl sites for hydroxylation is 2. The average Bonchev–Trinajstić information content (AvgIpc) is 2.17. The summed E-state index contributed by atoms with van der Waals surface area (Å²) < 4.78 is 12.8. The van der Waals surface area contributed by atoms with Gasteiger partial charge in [0, 0.05) is 0 Å². The predicted octanol–water partition coefficient (Wildman–Crippen LogP) is 4.11. The quantitative estimate of drug-likeness (QED) is 0.649. The Hall–Kier alpha value is -1.63. The van der Waals surface area contributed by atoms with E-state index in [2.05, 4.69) is 32.0 Å². The molecule has 0 unspecified atom stereocenters. The summed E-state index contributed by atoms with van der Waals surface area (Å²) >= 11 is 0. The summed E-state index contributed by atoms with van der Waals surface area (Å²) in [4.78, 5) is 0. The van der Waals surface area contributed by atoms with E-state index < -0.39 is 0 Å². The molecule has 0 atom stereocenters. The highest BCUT2D eigenvalue weighted by molar-refractivity contribution is 5.64. The molecule has 76 valence electrons. The lowest BCUT2D eigenvalue weighted by atomic mass is 10.0. The summed E-state index contributed by atoms with van der Waals surface area (Å²) in [6, 6.07) is 13.0. The van der Waals surface area contributed by atoms with Crippen LogP contribution < -0.4 is 0 Å². The van der Waals surface area contributed by atoms with Gasteiger partial charge in [0.25, 0.3) is 0 Å². The summed E-state index contributed by atoms with van der Waals surface area (Å²) in [5.41, 5.74) is 4.67. The van der Waals surface area contributed by atoms with Gasteiger partial charge in [-0.15, -0.1) is 0 Å². The van der Waals surface area contributed by atoms with E-state index in [-0.39, 0.29) is 5.82 Å². The molecule has 0 spiro atoms.